The first-order valence-corrected chi connectivity index (χ1v) is 10.4. The van der Waals surface area contributed by atoms with E-state index in [9.17, 15) is 14.3 Å². The number of rotatable bonds is 6. The number of benzene rings is 1. The molecule has 0 aliphatic carbocycles. The average Bonchev–Trinajstić information content (AvgIpc) is 3.13. The van der Waals surface area contributed by atoms with Crippen molar-refractivity contribution in [2.75, 3.05) is 25.1 Å². The zero-order valence-electron chi connectivity index (χ0n) is 17.5. The highest BCUT2D eigenvalue weighted by Crippen LogP contribution is 2.42. The molecule has 2 aromatic heterocycles. The standard InChI is InChI=1S/C23H23FN4O4/c1-23(6-9-32-23)12-31-18-11-25-7-4-14(18)20-21(19-15(27-20)5-8-26-22(19)30)28-16-10-13(24)2-3-17(16)29/h2-4,7,10-11,27-29H,5-6,8-9,12H2,1H3,(H,26,30). The molecule has 3 aromatic rings. The van der Waals surface area contributed by atoms with E-state index in [2.05, 4.69) is 20.6 Å². The van der Waals surface area contributed by atoms with Crippen molar-refractivity contribution in [2.24, 2.45) is 0 Å². The lowest BCUT2D eigenvalue weighted by Gasteiger charge is -2.38. The normalized spacial score (nSPS) is 19.6. The van der Waals surface area contributed by atoms with Crippen LogP contribution in [0.5, 0.6) is 11.5 Å². The van der Waals surface area contributed by atoms with Crippen LogP contribution in [0.25, 0.3) is 11.3 Å². The first-order chi connectivity index (χ1) is 15.4. The fourth-order valence-electron chi connectivity index (χ4n) is 3.95. The summed E-state index contributed by atoms with van der Waals surface area (Å²) in [4.78, 5) is 20.2. The minimum atomic E-state index is -0.512. The molecule has 9 heteroatoms. The number of H-pyrrole nitrogens is 1. The minimum absolute atomic E-state index is 0.134. The van der Waals surface area contributed by atoms with E-state index >= 15 is 0 Å². The first kappa shape index (κ1) is 20.3. The van der Waals surface area contributed by atoms with Gasteiger partial charge >= 0.3 is 0 Å². The van der Waals surface area contributed by atoms with Crippen molar-refractivity contribution in [3.63, 3.8) is 0 Å². The molecule has 2 aliphatic rings. The molecule has 2 aliphatic heterocycles. The van der Waals surface area contributed by atoms with Gasteiger partial charge in [0.15, 0.2) is 0 Å². The summed E-state index contributed by atoms with van der Waals surface area (Å²) < 4.78 is 25.5. The SMILES string of the molecule is CC1(COc2cnccc2-c2[nH]c3c(c2Nc2cc(F)ccc2O)C(=O)NCC3)CCO1. The number of phenolic OH excluding ortho intramolecular Hbond substituents is 1. The van der Waals surface area contributed by atoms with Gasteiger partial charge in [0.25, 0.3) is 5.91 Å². The third kappa shape index (κ3) is 3.64. The maximum Gasteiger partial charge on any atom is 0.255 e. The second-order valence-electron chi connectivity index (χ2n) is 8.23. The summed E-state index contributed by atoms with van der Waals surface area (Å²) >= 11 is 0. The predicted octanol–water partition coefficient (Wildman–Crippen LogP) is 3.51. The second-order valence-corrected chi connectivity index (χ2v) is 8.23. The zero-order valence-corrected chi connectivity index (χ0v) is 17.5. The molecule has 0 radical (unpaired) electrons. The van der Waals surface area contributed by atoms with E-state index in [0.29, 0.717) is 54.4 Å². The van der Waals surface area contributed by atoms with Gasteiger partial charge in [-0.05, 0) is 25.1 Å². The minimum Gasteiger partial charge on any atom is -0.506 e. The van der Waals surface area contributed by atoms with Crippen LogP contribution in [0.1, 0.15) is 29.4 Å². The molecule has 1 unspecified atom stereocenters. The summed E-state index contributed by atoms with van der Waals surface area (Å²) in [7, 11) is 0. The van der Waals surface area contributed by atoms with Crippen molar-refractivity contribution >= 4 is 17.3 Å². The van der Waals surface area contributed by atoms with E-state index in [4.69, 9.17) is 9.47 Å². The maximum absolute atomic E-state index is 13.9. The van der Waals surface area contributed by atoms with E-state index in [0.717, 1.165) is 12.1 Å². The van der Waals surface area contributed by atoms with Gasteiger partial charge in [0, 0.05) is 42.9 Å². The van der Waals surface area contributed by atoms with Crippen molar-refractivity contribution in [2.45, 2.75) is 25.4 Å². The molecular formula is C23H23FN4O4. The van der Waals surface area contributed by atoms with E-state index in [1.165, 1.54) is 18.2 Å². The Morgan fingerprint density at radius 1 is 1.38 bits per heavy atom. The fraction of sp³-hybridized carbons (Fsp3) is 0.304. The van der Waals surface area contributed by atoms with E-state index in [1.807, 2.05) is 6.92 Å². The van der Waals surface area contributed by atoms with Gasteiger partial charge in [0.2, 0.25) is 0 Å². The summed E-state index contributed by atoms with van der Waals surface area (Å²) in [6.07, 6.45) is 4.76. The van der Waals surface area contributed by atoms with Crippen LogP contribution in [0, 0.1) is 5.82 Å². The van der Waals surface area contributed by atoms with Gasteiger partial charge in [-0.2, -0.15) is 0 Å². The number of aromatic hydroxyl groups is 1. The molecule has 0 spiro atoms. The number of halogens is 1. The Bertz CT molecular complexity index is 1190. The van der Waals surface area contributed by atoms with Crippen LogP contribution in [-0.2, 0) is 11.2 Å². The maximum atomic E-state index is 13.9. The van der Waals surface area contributed by atoms with Crippen molar-refractivity contribution in [1.29, 1.82) is 0 Å². The van der Waals surface area contributed by atoms with Gasteiger partial charge in [-0.15, -0.1) is 0 Å². The predicted molar refractivity (Wildman–Crippen MR) is 116 cm³/mol. The van der Waals surface area contributed by atoms with Gasteiger partial charge in [0.1, 0.15) is 29.5 Å². The summed E-state index contributed by atoms with van der Waals surface area (Å²) in [5.41, 5.74) is 2.69. The lowest BCUT2D eigenvalue weighted by molar-refractivity contribution is -0.152. The molecule has 4 heterocycles. The van der Waals surface area contributed by atoms with Crippen LogP contribution < -0.4 is 15.4 Å². The Kier molecular flexibility index (Phi) is 4.97. The average molecular weight is 438 g/mol. The largest absolute Gasteiger partial charge is 0.506 e. The van der Waals surface area contributed by atoms with Crippen LogP contribution in [0.3, 0.4) is 0 Å². The smallest absolute Gasteiger partial charge is 0.255 e. The van der Waals surface area contributed by atoms with E-state index < -0.39 is 5.82 Å². The first-order valence-electron chi connectivity index (χ1n) is 10.4. The molecule has 1 atom stereocenters. The molecule has 0 bridgehead atoms. The van der Waals surface area contributed by atoms with Crippen molar-refractivity contribution < 1.29 is 23.8 Å². The second kappa shape index (κ2) is 7.83. The summed E-state index contributed by atoms with van der Waals surface area (Å²) in [5.74, 6) is -0.374. The quantitative estimate of drug-likeness (QED) is 0.439. The summed E-state index contributed by atoms with van der Waals surface area (Å²) in [6.45, 7) is 3.57. The Labute approximate surface area is 183 Å². The van der Waals surface area contributed by atoms with Crippen molar-refractivity contribution in [3.05, 3.63) is 53.7 Å². The van der Waals surface area contributed by atoms with Crippen molar-refractivity contribution in [3.8, 4) is 22.8 Å². The van der Waals surface area contributed by atoms with Gasteiger partial charge in [0.05, 0.1) is 35.4 Å². The number of pyridine rings is 1. The Morgan fingerprint density at radius 2 is 2.22 bits per heavy atom. The highest BCUT2D eigenvalue weighted by Gasteiger charge is 2.34. The number of fused-ring (bicyclic) bond motifs is 1. The molecule has 4 N–H and O–H groups in total. The molecule has 1 amide bonds. The molecular weight excluding hydrogens is 415 g/mol. The zero-order chi connectivity index (χ0) is 22.3. The number of aromatic amines is 1. The third-order valence-electron chi connectivity index (χ3n) is 5.85. The van der Waals surface area contributed by atoms with Crippen LogP contribution in [0.2, 0.25) is 0 Å². The lowest BCUT2D eigenvalue weighted by atomic mass is 9.99. The molecule has 8 nitrogen and oxygen atoms in total. The molecule has 1 aromatic carbocycles. The third-order valence-corrected chi connectivity index (χ3v) is 5.85. The highest BCUT2D eigenvalue weighted by atomic mass is 19.1. The van der Waals surface area contributed by atoms with Crippen LogP contribution in [0.15, 0.2) is 36.7 Å². The van der Waals surface area contributed by atoms with Gasteiger partial charge in [-0.3, -0.25) is 9.78 Å². The molecule has 32 heavy (non-hydrogen) atoms. The lowest BCUT2D eigenvalue weighted by Crippen LogP contribution is -2.45. The fourth-order valence-corrected chi connectivity index (χ4v) is 3.95. The summed E-state index contributed by atoms with van der Waals surface area (Å²) in [5, 5.41) is 16.1. The van der Waals surface area contributed by atoms with E-state index in [-0.39, 0.29) is 22.9 Å². The molecule has 5 rings (SSSR count). The van der Waals surface area contributed by atoms with Gasteiger partial charge in [-0.25, -0.2) is 4.39 Å². The Hall–Kier alpha value is -3.59. The number of phenols is 1. The number of aromatic nitrogens is 2. The number of carbonyl (C=O) groups excluding carboxylic acids is 1. The monoisotopic (exact) mass is 438 g/mol. The Morgan fingerprint density at radius 3 is 3.00 bits per heavy atom. The number of carbonyl (C=O) groups is 1. The number of hydrogen-bond acceptors (Lipinski definition) is 6. The van der Waals surface area contributed by atoms with E-state index in [1.54, 1.807) is 18.5 Å². The number of nitrogens with zero attached hydrogens (tertiary/aromatic N) is 1. The summed E-state index contributed by atoms with van der Waals surface area (Å²) in [6, 6.07) is 5.39. The molecule has 1 saturated heterocycles. The molecule has 0 saturated carbocycles. The van der Waals surface area contributed by atoms with Crippen LogP contribution in [0.4, 0.5) is 15.8 Å². The number of nitrogens with one attached hydrogen (secondary N) is 3. The molecule has 1 fully saturated rings. The Balaban J connectivity index is 1.59. The van der Waals surface area contributed by atoms with Crippen LogP contribution >= 0.6 is 0 Å². The highest BCUT2D eigenvalue weighted by molar-refractivity contribution is 6.06. The topological polar surface area (TPSA) is 109 Å². The number of anilines is 2. The van der Waals surface area contributed by atoms with Crippen molar-refractivity contribution in [1.82, 2.24) is 15.3 Å². The number of amides is 1. The molecule has 166 valence electrons. The van der Waals surface area contributed by atoms with Gasteiger partial charge in [-0.1, -0.05) is 0 Å². The van der Waals surface area contributed by atoms with Crippen LogP contribution in [-0.4, -0.2) is 46.3 Å². The van der Waals surface area contributed by atoms with Gasteiger partial charge < -0.3 is 30.2 Å². The number of hydrogen-bond donors (Lipinski definition) is 4. The number of ether oxygens (including phenoxy) is 2.